The highest BCUT2D eigenvalue weighted by Crippen LogP contribution is 2.26. The van der Waals surface area contributed by atoms with Gasteiger partial charge in [0.15, 0.2) is 16.6 Å². The van der Waals surface area contributed by atoms with Crippen molar-refractivity contribution in [3.05, 3.63) is 0 Å². The minimum Gasteiger partial charge on any atom is -0.437 e. The molecule has 0 aliphatic rings. The van der Waals surface area contributed by atoms with Crippen LogP contribution in [0.2, 0.25) is 51.9 Å². The van der Waals surface area contributed by atoms with E-state index in [2.05, 4.69) is 52.8 Å². The standard InChI is InChI=1S/C17H42O2Si3/c1-9-10-11-12-13-14-15-16-17-22(8,18-20(2,3)4)19-21(5,6)7/h9-17H2,1-8H3. The molecule has 0 bridgehead atoms. The van der Waals surface area contributed by atoms with Gasteiger partial charge in [0, 0.05) is 0 Å². The third-order valence-electron chi connectivity index (χ3n) is 3.53. The van der Waals surface area contributed by atoms with Crippen LogP contribution < -0.4 is 0 Å². The summed E-state index contributed by atoms with van der Waals surface area (Å²) >= 11 is 0. The Bertz CT molecular complexity index is 267. The zero-order valence-corrected chi connectivity index (χ0v) is 19.7. The van der Waals surface area contributed by atoms with Crippen LogP contribution in [-0.4, -0.2) is 25.2 Å². The predicted octanol–water partition coefficient (Wildman–Crippen LogP) is 6.90. The molecule has 0 saturated carbocycles. The molecule has 0 unspecified atom stereocenters. The fourth-order valence-corrected chi connectivity index (χ4v) is 15.6. The maximum Gasteiger partial charge on any atom is 0.314 e. The van der Waals surface area contributed by atoms with Crippen molar-refractivity contribution in [2.45, 2.75) is 110 Å². The molecule has 2 nitrogen and oxygen atoms in total. The summed E-state index contributed by atoms with van der Waals surface area (Å²) in [4.78, 5) is 0. The maximum atomic E-state index is 6.55. The van der Waals surface area contributed by atoms with Gasteiger partial charge in [0.05, 0.1) is 0 Å². The van der Waals surface area contributed by atoms with Crippen molar-refractivity contribution in [1.82, 2.24) is 0 Å². The van der Waals surface area contributed by atoms with Crippen molar-refractivity contribution in [1.29, 1.82) is 0 Å². The van der Waals surface area contributed by atoms with Crippen molar-refractivity contribution in [2.75, 3.05) is 0 Å². The summed E-state index contributed by atoms with van der Waals surface area (Å²) in [5.74, 6) is 0. The first-order valence-electron chi connectivity index (χ1n) is 9.38. The molecular formula is C17H42O2Si3. The van der Waals surface area contributed by atoms with Gasteiger partial charge < -0.3 is 8.23 Å². The Morgan fingerprint density at radius 2 is 0.909 bits per heavy atom. The van der Waals surface area contributed by atoms with Crippen LogP contribution in [0, 0.1) is 0 Å². The molecule has 0 aliphatic carbocycles. The first-order chi connectivity index (χ1) is 9.97. The van der Waals surface area contributed by atoms with E-state index in [4.69, 9.17) is 8.23 Å². The second-order valence-electron chi connectivity index (χ2n) is 8.79. The summed E-state index contributed by atoms with van der Waals surface area (Å²) < 4.78 is 13.1. The first-order valence-corrected chi connectivity index (χ1v) is 18.7. The minimum atomic E-state index is -1.98. The molecule has 0 spiro atoms. The van der Waals surface area contributed by atoms with Crippen LogP contribution in [0.15, 0.2) is 0 Å². The summed E-state index contributed by atoms with van der Waals surface area (Å²) in [5, 5.41) is 0. The molecule has 0 atom stereocenters. The van der Waals surface area contributed by atoms with Gasteiger partial charge in [-0.1, -0.05) is 58.3 Å². The highest BCUT2D eigenvalue weighted by atomic mass is 28.5. The van der Waals surface area contributed by atoms with Crippen molar-refractivity contribution >= 4 is 25.2 Å². The van der Waals surface area contributed by atoms with Gasteiger partial charge in [-0.2, -0.15) is 0 Å². The highest BCUT2D eigenvalue weighted by molar-refractivity contribution is 6.87. The minimum absolute atomic E-state index is 1.18. The fourth-order valence-electron chi connectivity index (χ4n) is 3.00. The second-order valence-corrected chi connectivity index (χ2v) is 21.6. The van der Waals surface area contributed by atoms with E-state index in [-0.39, 0.29) is 0 Å². The lowest BCUT2D eigenvalue weighted by molar-refractivity contribution is 0.380. The van der Waals surface area contributed by atoms with Crippen LogP contribution in [0.4, 0.5) is 0 Å². The molecule has 0 heterocycles. The average Bonchev–Trinajstić information content (AvgIpc) is 2.27. The number of hydrogen-bond acceptors (Lipinski definition) is 2. The summed E-state index contributed by atoms with van der Waals surface area (Å²) in [6, 6.07) is 1.18. The van der Waals surface area contributed by atoms with E-state index in [1.54, 1.807) is 0 Å². The van der Waals surface area contributed by atoms with E-state index in [0.29, 0.717) is 0 Å². The zero-order chi connectivity index (χ0) is 17.3. The van der Waals surface area contributed by atoms with Crippen molar-refractivity contribution in [2.24, 2.45) is 0 Å². The number of unbranched alkanes of at least 4 members (excludes halogenated alkanes) is 7. The lowest BCUT2D eigenvalue weighted by Gasteiger charge is -2.38. The Balaban J connectivity index is 4.14. The predicted molar refractivity (Wildman–Crippen MR) is 108 cm³/mol. The molecule has 0 rings (SSSR count). The quantitative estimate of drug-likeness (QED) is 0.262. The van der Waals surface area contributed by atoms with Crippen molar-refractivity contribution < 1.29 is 8.23 Å². The fraction of sp³-hybridized carbons (Fsp3) is 1.00. The number of hydrogen-bond donors (Lipinski definition) is 0. The lowest BCUT2D eigenvalue weighted by atomic mass is 10.1. The third kappa shape index (κ3) is 14.2. The van der Waals surface area contributed by atoms with Gasteiger partial charge in [0.1, 0.15) is 0 Å². The molecule has 0 radical (unpaired) electrons. The Kier molecular flexibility index (Phi) is 10.7. The number of rotatable bonds is 13. The van der Waals surface area contributed by atoms with Gasteiger partial charge in [-0.25, -0.2) is 0 Å². The summed E-state index contributed by atoms with van der Waals surface area (Å²) in [6.45, 7) is 18.3. The maximum absolute atomic E-state index is 6.55. The van der Waals surface area contributed by atoms with E-state index < -0.39 is 25.2 Å². The van der Waals surface area contributed by atoms with E-state index in [9.17, 15) is 0 Å². The van der Waals surface area contributed by atoms with E-state index in [0.717, 1.165) is 0 Å². The van der Waals surface area contributed by atoms with Gasteiger partial charge in [0.25, 0.3) is 0 Å². The van der Waals surface area contributed by atoms with E-state index in [1.807, 2.05) is 0 Å². The molecular weight excluding hydrogens is 320 g/mol. The third-order valence-corrected chi connectivity index (χ3v) is 13.1. The highest BCUT2D eigenvalue weighted by Gasteiger charge is 2.39. The monoisotopic (exact) mass is 362 g/mol. The van der Waals surface area contributed by atoms with Crippen molar-refractivity contribution in [3.63, 3.8) is 0 Å². The van der Waals surface area contributed by atoms with E-state index >= 15 is 0 Å². The SMILES string of the molecule is CCCCCCCCCC[Si](C)(O[Si](C)(C)C)O[Si](C)(C)C. The Morgan fingerprint density at radius 3 is 1.27 bits per heavy atom. The molecule has 0 saturated heterocycles. The van der Waals surface area contributed by atoms with Crippen molar-refractivity contribution in [3.8, 4) is 0 Å². The Labute approximate surface area is 143 Å². The average molecular weight is 363 g/mol. The van der Waals surface area contributed by atoms with Gasteiger partial charge in [-0.05, 0) is 51.9 Å². The molecule has 0 fully saturated rings. The molecule has 134 valence electrons. The van der Waals surface area contributed by atoms with Crippen LogP contribution in [0.25, 0.3) is 0 Å². The topological polar surface area (TPSA) is 18.5 Å². The lowest BCUT2D eigenvalue weighted by Crippen LogP contribution is -2.52. The van der Waals surface area contributed by atoms with Crippen LogP contribution in [0.3, 0.4) is 0 Å². The summed E-state index contributed by atoms with van der Waals surface area (Å²) in [7, 11) is -5.03. The summed E-state index contributed by atoms with van der Waals surface area (Å²) in [5.41, 5.74) is 0. The molecule has 0 aromatic heterocycles. The van der Waals surface area contributed by atoms with Crippen LogP contribution in [-0.2, 0) is 8.23 Å². The molecule has 22 heavy (non-hydrogen) atoms. The molecule has 0 aromatic rings. The smallest absolute Gasteiger partial charge is 0.314 e. The van der Waals surface area contributed by atoms with Gasteiger partial charge in [0.2, 0.25) is 0 Å². The Hall–Kier alpha value is 0.571. The molecule has 0 aliphatic heterocycles. The normalized spacial score (nSPS) is 13.6. The second kappa shape index (κ2) is 10.4. The molecule has 0 amide bonds. The Morgan fingerprint density at radius 1 is 0.545 bits per heavy atom. The molecule has 5 heteroatoms. The molecule has 0 N–H and O–H groups in total. The van der Waals surface area contributed by atoms with Gasteiger partial charge in [-0.15, -0.1) is 0 Å². The van der Waals surface area contributed by atoms with Gasteiger partial charge in [-0.3, -0.25) is 0 Å². The first kappa shape index (κ1) is 22.6. The van der Waals surface area contributed by atoms with Crippen LogP contribution in [0.1, 0.15) is 58.3 Å². The zero-order valence-electron chi connectivity index (χ0n) is 16.7. The molecule has 0 aromatic carbocycles. The van der Waals surface area contributed by atoms with Crippen LogP contribution >= 0.6 is 0 Å². The largest absolute Gasteiger partial charge is 0.437 e. The van der Waals surface area contributed by atoms with E-state index in [1.165, 1.54) is 57.4 Å². The van der Waals surface area contributed by atoms with Gasteiger partial charge >= 0.3 is 8.56 Å². The summed E-state index contributed by atoms with van der Waals surface area (Å²) in [6.07, 6.45) is 11.0. The van der Waals surface area contributed by atoms with Crippen LogP contribution in [0.5, 0.6) is 0 Å².